The Morgan fingerprint density at radius 1 is 1.47 bits per heavy atom. The average Bonchev–Trinajstić information content (AvgIpc) is 2.34. The molecule has 1 heterocycles. The Balaban J connectivity index is 2.44. The molecule has 1 rings (SSSR count). The Bertz CT molecular complexity index is 440. The second-order valence-electron chi connectivity index (χ2n) is 5.19. The van der Waals surface area contributed by atoms with Crippen molar-refractivity contribution in [2.45, 2.75) is 32.4 Å². The van der Waals surface area contributed by atoms with Crippen LogP contribution >= 0.6 is 0 Å². The standard InChI is InChI=1S/C13H19N3O3/c1-13(2,3)16-11(17)10(14)8-19-12(18)9-5-4-6-15-7-9/h4-7,10H,8,14H2,1-3H3,(H,16,17)/t10-/m0/s1. The molecular formula is C13H19N3O3. The highest BCUT2D eigenvalue weighted by atomic mass is 16.5. The van der Waals surface area contributed by atoms with E-state index < -0.39 is 12.0 Å². The third-order valence-corrected chi connectivity index (χ3v) is 2.13. The average molecular weight is 265 g/mol. The Morgan fingerprint density at radius 3 is 2.68 bits per heavy atom. The van der Waals surface area contributed by atoms with Crippen LogP contribution in [0, 0.1) is 0 Å². The fraction of sp³-hybridized carbons (Fsp3) is 0.462. The van der Waals surface area contributed by atoms with Crippen molar-refractivity contribution in [1.82, 2.24) is 10.3 Å². The lowest BCUT2D eigenvalue weighted by atomic mass is 10.1. The van der Waals surface area contributed by atoms with Crippen LogP contribution in [0.3, 0.4) is 0 Å². The van der Waals surface area contributed by atoms with Crippen molar-refractivity contribution >= 4 is 11.9 Å². The lowest BCUT2D eigenvalue weighted by Crippen LogP contribution is -2.50. The van der Waals surface area contributed by atoms with E-state index in [2.05, 4.69) is 10.3 Å². The second-order valence-corrected chi connectivity index (χ2v) is 5.19. The molecule has 1 aromatic heterocycles. The molecule has 0 radical (unpaired) electrons. The van der Waals surface area contributed by atoms with E-state index in [0.717, 1.165) is 0 Å². The van der Waals surface area contributed by atoms with Gasteiger partial charge in [-0.2, -0.15) is 0 Å². The highest BCUT2D eigenvalue weighted by Gasteiger charge is 2.21. The first-order valence-corrected chi connectivity index (χ1v) is 5.94. The number of rotatable bonds is 4. The molecule has 0 aromatic carbocycles. The van der Waals surface area contributed by atoms with Crippen molar-refractivity contribution in [1.29, 1.82) is 0 Å². The number of nitrogens with one attached hydrogen (secondary N) is 1. The molecule has 0 fully saturated rings. The van der Waals surface area contributed by atoms with E-state index in [1.807, 2.05) is 20.8 Å². The van der Waals surface area contributed by atoms with Gasteiger partial charge in [0.05, 0.1) is 5.56 Å². The minimum absolute atomic E-state index is 0.171. The summed E-state index contributed by atoms with van der Waals surface area (Å²) in [5, 5.41) is 2.71. The second kappa shape index (κ2) is 6.29. The number of aromatic nitrogens is 1. The fourth-order valence-electron chi connectivity index (χ4n) is 1.27. The summed E-state index contributed by atoms with van der Waals surface area (Å²) in [7, 11) is 0. The smallest absolute Gasteiger partial charge is 0.339 e. The van der Waals surface area contributed by atoms with Crippen LogP contribution in [-0.2, 0) is 9.53 Å². The molecule has 6 nitrogen and oxygen atoms in total. The monoisotopic (exact) mass is 265 g/mol. The van der Waals surface area contributed by atoms with Gasteiger partial charge in [0.15, 0.2) is 0 Å². The topological polar surface area (TPSA) is 94.3 Å². The lowest BCUT2D eigenvalue weighted by Gasteiger charge is -2.23. The molecule has 0 saturated heterocycles. The summed E-state index contributed by atoms with van der Waals surface area (Å²) >= 11 is 0. The van der Waals surface area contributed by atoms with E-state index in [1.54, 1.807) is 18.3 Å². The third kappa shape index (κ3) is 5.48. The van der Waals surface area contributed by atoms with Crippen molar-refractivity contribution in [3.63, 3.8) is 0 Å². The number of carbonyl (C=O) groups excluding carboxylic acids is 2. The van der Waals surface area contributed by atoms with Crippen LogP contribution in [0.5, 0.6) is 0 Å². The van der Waals surface area contributed by atoms with Gasteiger partial charge in [-0.15, -0.1) is 0 Å². The number of nitrogens with zero attached hydrogens (tertiary/aromatic N) is 1. The van der Waals surface area contributed by atoms with Gasteiger partial charge in [0.25, 0.3) is 0 Å². The number of nitrogens with two attached hydrogens (primary N) is 1. The van der Waals surface area contributed by atoms with Gasteiger partial charge < -0.3 is 15.8 Å². The van der Waals surface area contributed by atoms with Crippen LogP contribution in [-0.4, -0.2) is 35.0 Å². The SMILES string of the molecule is CC(C)(C)NC(=O)[C@@H](N)COC(=O)c1cccnc1. The number of ether oxygens (including phenoxy) is 1. The predicted octanol–water partition coefficient (Wildman–Crippen LogP) is 0.480. The maximum absolute atomic E-state index is 11.7. The van der Waals surface area contributed by atoms with Crippen molar-refractivity contribution < 1.29 is 14.3 Å². The normalized spacial score (nSPS) is 12.6. The van der Waals surface area contributed by atoms with Gasteiger partial charge in [-0.25, -0.2) is 4.79 Å². The van der Waals surface area contributed by atoms with Gasteiger partial charge in [0.2, 0.25) is 5.91 Å². The first-order valence-electron chi connectivity index (χ1n) is 5.94. The molecule has 0 aliphatic heterocycles. The molecule has 0 unspecified atom stereocenters. The van der Waals surface area contributed by atoms with Crippen molar-refractivity contribution in [3.05, 3.63) is 30.1 Å². The summed E-state index contributed by atoms with van der Waals surface area (Å²) in [4.78, 5) is 27.1. The Morgan fingerprint density at radius 2 is 2.16 bits per heavy atom. The molecule has 3 N–H and O–H groups in total. The Hall–Kier alpha value is -1.95. The predicted molar refractivity (Wildman–Crippen MR) is 70.4 cm³/mol. The molecule has 1 amide bonds. The summed E-state index contributed by atoms with van der Waals surface area (Å²) in [6.45, 7) is 5.37. The number of pyridine rings is 1. The van der Waals surface area contributed by atoms with Crippen molar-refractivity contribution in [3.8, 4) is 0 Å². The van der Waals surface area contributed by atoms with Crippen molar-refractivity contribution in [2.75, 3.05) is 6.61 Å². The maximum atomic E-state index is 11.7. The molecule has 6 heteroatoms. The molecule has 1 aromatic rings. The number of amides is 1. The molecule has 19 heavy (non-hydrogen) atoms. The summed E-state index contributed by atoms with van der Waals surface area (Å²) in [6, 6.07) is 2.32. The van der Waals surface area contributed by atoms with Crippen LogP contribution in [0.2, 0.25) is 0 Å². The highest BCUT2D eigenvalue weighted by Crippen LogP contribution is 2.01. The minimum Gasteiger partial charge on any atom is -0.460 e. The number of carbonyl (C=O) groups is 2. The van der Waals surface area contributed by atoms with Crippen LogP contribution in [0.1, 0.15) is 31.1 Å². The van der Waals surface area contributed by atoms with Gasteiger partial charge in [0.1, 0.15) is 12.6 Å². The van der Waals surface area contributed by atoms with Gasteiger partial charge >= 0.3 is 5.97 Å². The zero-order chi connectivity index (χ0) is 14.5. The molecule has 0 saturated carbocycles. The zero-order valence-corrected chi connectivity index (χ0v) is 11.3. The zero-order valence-electron chi connectivity index (χ0n) is 11.3. The molecule has 0 bridgehead atoms. The first-order chi connectivity index (χ1) is 8.79. The van der Waals surface area contributed by atoms with E-state index in [1.165, 1.54) is 6.20 Å². The van der Waals surface area contributed by atoms with Gasteiger partial charge in [0, 0.05) is 17.9 Å². The Kier molecular flexibility index (Phi) is 5.00. The number of hydrogen-bond donors (Lipinski definition) is 2. The summed E-state index contributed by atoms with van der Waals surface area (Å²) in [5.41, 5.74) is 5.60. The van der Waals surface area contributed by atoms with Crippen LogP contribution in [0.25, 0.3) is 0 Å². The van der Waals surface area contributed by atoms with Crippen LogP contribution in [0.15, 0.2) is 24.5 Å². The quantitative estimate of drug-likeness (QED) is 0.772. The largest absolute Gasteiger partial charge is 0.460 e. The van der Waals surface area contributed by atoms with Gasteiger partial charge in [-0.3, -0.25) is 9.78 Å². The summed E-state index contributed by atoms with van der Waals surface area (Å²) < 4.78 is 4.96. The van der Waals surface area contributed by atoms with Crippen LogP contribution < -0.4 is 11.1 Å². The van der Waals surface area contributed by atoms with Gasteiger partial charge in [-0.1, -0.05) is 0 Å². The Labute approximate surface area is 112 Å². The van der Waals surface area contributed by atoms with E-state index in [-0.39, 0.29) is 18.1 Å². The van der Waals surface area contributed by atoms with E-state index in [4.69, 9.17) is 10.5 Å². The molecular weight excluding hydrogens is 246 g/mol. The minimum atomic E-state index is -0.889. The third-order valence-electron chi connectivity index (χ3n) is 2.13. The molecule has 0 aliphatic rings. The lowest BCUT2D eigenvalue weighted by molar-refractivity contribution is -0.124. The molecule has 1 atom stereocenters. The van der Waals surface area contributed by atoms with Crippen molar-refractivity contribution in [2.24, 2.45) is 5.73 Å². The first kappa shape index (κ1) is 15.1. The number of esters is 1. The number of hydrogen-bond acceptors (Lipinski definition) is 5. The summed E-state index contributed by atoms with van der Waals surface area (Å²) in [6.07, 6.45) is 2.95. The highest BCUT2D eigenvalue weighted by molar-refractivity contribution is 5.89. The van der Waals surface area contributed by atoms with E-state index in [0.29, 0.717) is 5.56 Å². The van der Waals surface area contributed by atoms with E-state index >= 15 is 0 Å². The fourth-order valence-corrected chi connectivity index (χ4v) is 1.27. The molecule has 104 valence electrons. The van der Waals surface area contributed by atoms with Gasteiger partial charge in [-0.05, 0) is 32.9 Å². The van der Waals surface area contributed by atoms with Crippen LogP contribution in [0.4, 0.5) is 0 Å². The molecule has 0 spiro atoms. The summed E-state index contributed by atoms with van der Waals surface area (Å²) in [5.74, 6) is -0.904. The maximum Gasteiger partial charge on any atom is 0.339 e. The molecule has 0 aliphatic carbocycles. The van der Waals surface area contributed by atoms with E-state index in [9.17, 15) is 9.59 Å².